The van der Waals surface area contributed by atoms with Crippen LogP contribution in [0.25, 0.3) is 0 Å². The Morgan fingerprint density at radius 2 is 1.86 bits per heavy atom. The number of ether oxygens (including phenoxy) is 1. The van der Waals surface area contributed by atoms with Gasteiger partial charge in [0.2, 0.25) is 0 Å². The van der Waals surface area contributed by atoms with E-state index in [-0.39, 0.29) is 11.9 Å². The van der Waals surface area contributed by atoms with Crippen LogP contribution >= 0.6 is 0 Å². The maximum absolute atomic E-state index is 13.7. The molecule has 1 N–H and O–H groups in total. The monoisotopic (exact) mass is 295 g/mol. The highest BCUT2D eigenvalue weighted by Gasteiger charge is 2.12. The number of methoxy groups -OCH3 is 1. The van der Waals surface area contributed by atoms with Crippen LogP contribution in [-0.2, 0) is 0 Å². The Morgan fingerprint density at radius 1 is 1.14 bits per heavy atom. The standard InChI is InChI=1S/C18H30FNO/c1-5-6-7-8-9-10-14(2)20-15(3)16-11-12-18(21-4)17(19)13-16/h11-15,20H,5-10H2,1-4H3. The van der Waals surface area contributed by atoms with Crippen molar-refractivity contribution in [2.24, 2.45) is 0 Å². The molecule has 1 aromatic carbocycles. The van der Waals surface area contributed by atoms with Crippen LogP contribution < -0.4 is 10.1 Å². The third-order valence-corrected chi connectivity index (χ3v) is 3.95. The zero-order valence-corrected chi connectivity index (χ0v) is 13.9. The Balaban J connectivity index is 2.38. The number of nitrogens with one attached hydrogen (secondary N) is 1. The van der Waals surface area contributed by atoms with Crippen molar-refractivity contribution in [2.45, 2.75) is 71.4 Å². The van der Waals surface area contributed by atoms with Crippen LogP contribution in [0.4, 0.5) is 4.39 Å². The second kappa shape index (κ2) is 9.78. The summed E-state index contributed by atoms with van der Waals surface area (Å²) in [5, 5.41) is 3.54. The summed E-state index contributed by atoms with van der Waals surface area (Å²) in [6.07, 6.45) is 7.70. The second-order valence-corrected chi connectivity index (χ2v) is 5.89. The molecular formula is C18H30FNO. The minimum atomic E-state index is -0.295. The molecule has 0 spiro atoms. The van der Waals surface area contributed by atoms with E-state index in [0.29, 0.717) is 11.8 Å². The summed E-state index contributed by atoms with van der Waals surface area (Å²) in [6.45, 7) is 6.52. The summed E-state index contributed by atoms with van der Waals surface area (Å²) < 4.78 is 18.7. The number of halogens is 1. The maximum atomic E-state index is 13.7. The van der Waals surface area contributed by atoms with E-state index in [1.165, 1.54) is 45.6 Å². The van der Waals surface area contributed by atoms with Gasteiger partial charge in [-0.2, -0.15) is 0 Å². The van der Waals surface area contributed by atoms with Gasteiger partial charge < -0.3 is 10.1 Å². The lowest BCUT2D eigenvalue weighted by molar-refractivity contribution is 0.384. The maximum Gasteiger partial charge on any atom is 0.165 e. The molecule has 2 unspecified atom stereocenters. The predicted octanol–water partition coefficient (Wildman–Crippen LogP) is 5.23. The highest BCUT2D eigenvalue weighted by Crippen LogP contribution is 2.22. The smallest absolute Gasteiger partial charge is 0.165 e. The van der Waals surface area contributed by atoms with Gasteiger partial charge in [0.25, 0.3) is 0 Å². The van der Waals surface area contributed by atoms with Gasteiger partial charge >= 0.3 is 0 Å². The SMILES string of the molecule is CCCCCCCC(C)NC(C)c1ccc(OC)c(F)c1. The molecule has 120 valence electrons. The first kappa shape index (κ1) is 18.0. The van der Waals surface area contributed by atoms with Crippen molar-refractivity contribution in [1.29, 1.82) is 0 Å². The minimum Gasteiger partial charge on any atom is -0.494 e. The largest absolute Gasteiger partial charge is 0.494 e. The number of hydrogen-bond donors (Lipinski definition) is 1. The third kappa shape index (κ3) is 6.47. The Bertz CT molecular complexity index is 408. The molecule has 0 saturated heterocycles. The van der Waals surface area contributed by atoms with Gasteiger partial charge in [0.15, 0.2) is 11.6 Å². The van der Waals surface area contributed by atoms with Gasteiger partial charge in [0, 0.05) is 12.1 Å². The zero-order chi connectivity index (χ0) is 15.7. The Morgan fingerprint density at radius 3 is 2.48 bits per heavy atom. The normalized spacial score (nSPS) is 14.0. The fraction of sp³-hybridized carbons (Fsp3) is 0.667. The van der Waals surface area contributed by atoms with Gasteiger partial charge in [-0.25, -0.2) is 4.39 Å². The highest BCUT2D eigenvalue weighted by molar-refractivity contribution is 5.30. The topological polar surface area (TPSA) is 21.3 Å². The lowest BCUT2D eigenvalue weighted by Gasteiger charge is -2.21. The number of hydrogen-bond acceptors (Lipinski definition) is 2. The summed E-state index contributed by atoms with van der Waals surface area (Å²) in [4.78, 5) is 0. The van der Waals surface area contributed by atoms with Crippen molar-refractivity contribution < 1.29 is 9.13 Å². The van der Waals surface area contributed by atoms with Crippen LogP contribution in [0.15, 0.2) is 18.2 Å². The van der Waals surface area contributed by atoms with Crippen molar-refractivity contribution in [3.05, 3.63) is 29.6 Å². The van der Waals surface area contributed by atoms with Gasteiger partial charge in [-0.05, 0) is 38.0 Å². The molecule has 0 radical (unpaired) electrons. The predicted molar refractivity (Wildman–Crippen MR) is 87.3 cm³/mol. The molecule has 2 atom stereocenters. The summed E-state index contributed by atoms with van der Waals surface area (Å²) >= 11 is 0. The van der Waals surface area contributed by atoms with E-state index in [2.05, 4.69) is 26.1 Å². The first-order valence-corrected chi connectivity index (χ1v) is 8.18. The number of rotatable bonds is 10. The van der Waals surface area contributed by atoms with Crippen LogP contribution in [0.5, 0.6) is 5.75 Å². The molecule has 0 aliphatic heterocycles. The van der Waals surface area contributed by atoms with Crippen molar-refractivity contribution >= 4 is 0 Å². The minimum absolute atomic E-state index is 0.149. The van der Waals surface area contributed by atoms with E-state index in [0.717, 1.165) is 5.56 Å². The van der Waals surface area contributed by atoms with Crippen LogP contribution in [0, 0.1) is 5.82 Å². The lowest BCUT2D eigenvalue weighted by Crippen LogP contribution is -2.28. The fourth-order valence-electron chi connectivity index (χ4n) is 2.61. The molecule has 1 rings (SSSR count). The van der Waals surface area contributed by atoms with Crippen LogP contribution in [0.3, 0.4) is 0 Å². The highest BCUT2D eigenvalue weighted by atomic mass is 19.1. The summed E-state index contributed by atoms with van der Waals surface area (Å²) in [5.41, 5.74) is 0.964. The van der Waals surface area contributed by atoms with Gasteiger partial charge in [0.05, 0.1) is 7.11 Å². The van der Waals surface area contributed by atoms with Crippen molar-refractivity contribution in [1.82, 2.24) is 5.32 Å². The molecule has 21 heavy (non-hydrogen) atoms. The van der Waals surface area contributed by atoms with Crippen molar-refractivity contribution in [3.8, 4) is 5.75 Å². The molecule has 0 saturated carbocycles. The quantitative estimate of drug-likeness (QED) is 0.596. The van der Waals surface area contributed by atoms with Crippen molar-refractivity contribution in [2.75, 3.05) is 7.11 Å². The average Bonchev–Trinajstić information content (AvgIpc) is 2.46. The molecule has 0 fully saturated rings. The Kier molecular flexibility index (Phi) is 8.36. The molecule has 0 aromatic heterocycles. The van der Waals surface area contributed by atoms with E-state index in [4.69, 9.17) is 4.74 Å². The summed E-state index contributed by atoms with van der Waals surface area (Å²) in [6, 6.07) is 5.78. The zero-order valence-electron chi connectivity index (χ0n) is 13.9. The number of unbranched alkanes of at least 4 members (excludes halogenated alkanes) is 4. The molecular weight excluding hydrogens is 265 g/mol. The fourth-order valence-corrected chi connectivity index (χ4v) is 2.61. The molecule has 0 amide bonds. The molecule has 0 aliphatic rings. The van der Waals surface area contributed by atoms with E-state index in [9.17, 15) is 4.39 Å². The Labute approximate surface area is 129 Å². The molecule has 0 heterocycles. The van der Waals surface area contributed by atoms with Crippen LogP contribution in [0.1, 0.15) is 70.9 Å². The molecule has 3 heteroatoms. The molecule has 0 bridgehead atoms. The first-order chi connectivity index (χ1) is 10.1. The van der Waals surface area contributed by atoms with Crippen molar-refractivity contribution in [3.63, 3.8) is 0 Å². The van der Waals surface area contributed by atoms with Crippen LogP contribution in [-0.4, -0.2) is 13.2 Å². The second-order valence-electron chi connectivity index (χ2n) is 5.89. The van der Waals surface area contributed by atoms with E-state index >= 15 is 0 Å². The van der Waals surface area contributed by atoms with Crippen LogP contribution in [0.2, 0.25) is 0 Å². The summed E-state index contributed by atoms with van der Waals surface area (Å²) in [5.74, 6) is 0.00536. The lowest BCUT2D eigenvalue weighted by atomic mass is 10.0. The average molecular weight is 295 g/mol. The first-order valence-electron chi connectivity index (χ1n) is 8.18. The number of benzene rings is 1. The Hall–Kier alpha value is -1.09. The summed E-state index contributed by atoms with van der Waals surface area (Å²) in [7, 11) is 1.49. The van der Waals surface area contributed by atoms with Gasteiger partial charge in [0.1, 0.15) is 0 Å². The molecule has 2 nitrogen and oxygen atoms in total. The van der Waals surface area contributed by atoms with E-state index < -0.39 is 0 Å². The van der Waals surface area contributed by atoms with Gasteiger partial charge in [-0.3, -0.25) is 0 Å². The molecule has 1 aromatic rings. The van der Waals surface area contributed by atoms with E-state index in [1.54, 1.807) is 12.1 Å². The van der Waals surface area contributed by atoms with Gasteiger partial charge in [-0.15, -0.1) is 0 Å². The molecule has 0 aliphatic carbocycles. The van der Waals surface area contributed by atoms with E-state index in [1.807, 2.05) is 6.07 Å². The van der Waals surface area contributed by atoms with Gasteiger partial charge in [-0.1, -0.05) is 45.1 Å². The third-order valence-electron chi connectivity index (χ3n) is 3.95.